The van der Waals surface area contributed by atoms with E-state index < -0.39 is 15.2 Å². The normalized spacial score (nSPS) is 21.2. The van der Waals surface area contributed by atoms with Crippen LogP contribution in [0.15, 0.2) is 47.4 Å². The van der Waals surface area contributed by atoms with Crippen LogP contribution in [-0.2, 0) is 29.2 Å². The quantitative estimate of drug-likeness (QED) is 0.837. The molecule has 0 bridgehead atoms. The van der Waals surface area contributed by atoms with Crippen LogP contribution in [0.3, 0.4) is 0 Å². The lowest BCUT2D eigenvalue weighted by molar-refractivity contribution is 0.159. The predicted octanol–water partition coefficient (Wildman–Crippen LogP) is 2.78. The van der Waals surface area contributed by atoms with E-state index in [4.69, 9.17) is 4.74 Å². The number of hydrogen-bond donors (Lipinski definition) is 1. The third kappa shape index (κ3) is 3.58. The molecule has 0 amide bonds. The van der Waals surface area contributed by atoms with Gasteiger partial charge in [-0.1, -0.05) is 24.3 Å². The van der Waals surface area contributed by atoms with Crippen molar-refractivity contribution in [1.29, 1.82) is 0 Å². The minimum absolute atomic E-state index is 0.149. The summed E-state index contributed by atoms with van der Waals surface area (Å²) in [7, 11) is -3.48. The Bertz CT molecular complexity index is 999. The van der Waals surface area contributed by atoms with Gasteiger partial charge in [-0.3, -0.25) is 4.90 Å². The lowest BCUT2D eigenvalue weighted by Crippen LogP contribution is -2.50. The van der Waals surface area contributed by atoms with Crippen LogP contribution in [0, 0.1) is 5.92 Å². The molecule has 3 aliphatic rings. The fourth-order valence-electron chi connectivity index (χ4n) is 5.09. The Labute approximate surface area is 173 Å². The average molecular weight is 413 g/mol. The Morgan fingerprint density at radius 3 is 2.62 bits per heavy atom. The number of nitrogens with one attached hydrogen (secondary N) is 1. The van der Waals surface area contributed by atoms with Gasteiger partial charge in [0, 0.05) is 19.5 Å². The van der Waals surface area contributed by atoms with Crippen molar-refractivity contribution in [2.24, 2.45) is 5.92 Å². The first-order valence-corrected chi connectivity index (χ1v) is 12.2. The molecule has 3 heterocycles. The highest BCUT2D eigenvalue weighted by Gasteiger charge is 2.41. The maximum absolute atomic E-state index is 13.9. The van der Waals surface area contributed by atoms with E-state index >= 15 is 0 Å². The minimum atomic E-state index is -3.48. The van der Waals surface area contributed by atoms with Crippen molar-refractivity contribution in [2.75, 3.05) is 26.2 Å². The van der Waals surface area contributed by atoms with Gasteiger partial charge < -0.3 is 10.1 Å². The van der Waals surface area contributed by atoms with Crippen molar-refractivity contribution in [3.8, 4) is 5.75 Å². The van der Waals surface area contributed by atoms with E-state index in [0.717, 1.165) is 56.6 Å². The first-order chi connectivity index (χ1) is 14.1. The minimum Gasteiger partial charge on any atom is -0.493 e. The van der Waals surface area contributed by atoms with Crippen LogP contribution in [0.2, 0.25) is 0 Å². The van der Waals surface area contributed by atoms with Gasteiger partial charge in [-0.15, -0.1) is 0 Å². The number of fused-ring (bicyclic) bond motifs is 2. The highest BCUT2D eigenvalue weighted by molar-refractivity contribution is 7.92. The molecule has 0 aromatic heterocycles. The van der Waals surface area contributed by atoms with Crippen LogP contribution in [-0.4, -0.2) is 44.9 Å². The second kappa shape index (κ2) is 7.74. The van der Waals surface area contributed by atoms with Crippen molar-refractivity contribution in [3.05, 3.63) is 59.2 Å². The smallest absolute Gasteiger partial charge is 0.194 e. The van der Waals surface area contributed by atoms with Crippen molar-refractivity contribution in [1.82, 2.24) is 10.2 Å². The number of piperidine rings is 1. The summed E-state index contributed by atoms with van der Waals surface area (Å²) in [5.41, 5.74) is 3.62. The van der Waals surface area contributed by atoms with E-state index in [0.29, 0.717) is 18.0 Å². The number of nitrogens with zero attached hydrogens (tertiary/aromatic N) is 1. The largest absolute Gasteiger partial charge is 0.493 e. The standard InChI is InChI=1S/C23H28N2O3S/c26-29(27,21-5-6-22-19(15-21)10-14-28-22)23(18-7-11-24-12-8-18)25-13-9-17-3-1-2-4-20(17)16-25/h1-6,15,18,23-24H,7-14,16H2. The number of ether oxygens (including phenoxy) is 1. The summed E-state index contributed by atoms with van der Waals surface area (Å²) in [6.07, 6.45) is 3.49. The topological polar surface area (TPSA) is 58.6 Å². The highest BCUT2D eigenvalue weighted by atomic mass is 32.2. The lowest BCUT2D eigenvalue weighted by atomic mass is 9.94. The van der Waals surface area contributed by atoms with Gasteiger partial charge in [-0.25, -0.2) is 8.42 Å². The molecule has 1 saturated heterocycles. The maximum atomic E-state index is 13.9. The van der Waals surface area contributed by atoms with Crippen LogP contribution in [0.4, 0.5) is 0 Å². The molecular formula is C23H28N2O3S. The molecule has 1 fully saturated rings. The first kappa shape index (κ1) is 19.1. The van der Waals surface area contributed by atoms with Gasteiger partial charge in [0.15, 0.2) is 9.84 Å². The van der Waals surface area contributed by atoms with Gasteiger partial charge in [-0.05, 0) is 73.2 Å². The van der Waals surface area contributed by atoms with Gasteiger partial charge in [0.05, 0.1) is 11.5 Å². The molecule has 6 heteroatoms. The number of benzene rings is 2. The Morgan fingerprint density at radius 1 is 1.00 bits per heavy atom. The fourth-order valence-corrected chi connectivity index (χ4v) is 7.29. The monoisotopic (exact) mass is 412 g/mol. The van der Waals surface area contributed by atoms with Crippen LogP contribution < -0.4 is 10.1 Å². The Morgan fingerprint density at radius 2 is 1.79 bits per heavy atom. The fraction of sp³-hybridized carbons (Fsp3) is 0.478. The van der Waals surface area contributed by atoms with Crippen LogP contribution in [0.5, 0.6) is 5.75 Å². The average Bonchev–Trinajstić information content (AvgIpc) is 3.22. The summed E-state index contributed by atoms with van der Waals surface area (Å²) in [6, 6.07) is 13.9. The van der Waals surface area contributed by atoms with Gasteiger partial charge in [0.1, 0.15) is 11.1 Å². The molecule has 29 heavy (non-hydrogen) atoms. The molecule has 2 aromatic carbocycles. The summed E-state index contributed by atoms with van der Waals surface area (Å²) in [5.74, 6) is 0.977. The second-order valence-corrected chi connectivity index (χ2v) is 10.4. The highest BCUT2D eigenvalue weighted by Crippen LogP contribution is 2.35. The number of sulfone groups is 1. The Kier molecular flexibility index (Phi) is 5.10. The molecule has 0 spiro atoms. The summed E-state index contributed by atoms with van der Waals surface area (Å²) in [4.78, 5) is 2.67. The molecule has 1 atom stereocenters. The molecular weight excluding hydrogens is 384 g/mol. The van der Waals surface area contributed by atoms with Gasteiger partial charge in [0.2, 0.25) is 0 Å². The van der Waals surface area contributed by atoms with Crippen LogP contribution in [0.25, 0.3) is 0 Å². The molecule has 154 valence electrons. The molecule has 0 aliphatic carbocycles. The third-order valence-corrected chi connectivity index (χ3v) is 8.84. The zero-order chi connectivity index (χ0) is 19.8. The third-order valence-electron chi connectivity index (χ3n) is 6.61. The van der Waals surface area contributed by atoms with E-state index in [-0.39, 0.29) is 5.92 Å². The van der Waals surface area contributed by atoms with Crippen LogP contribution in [0.1, 0.15) is 29.5 Å². The van der Waals surface area contributed by atoms with E-state index in [2.05, 4.69) is 34.5 Å². The molecule has 0 radical (unpaired) electrons. The molecule has 2 aromatic rings. The van der Waals surface area contributed by atoms with Crippen molar-refractivity contribution in [3.63, 3.8) is 0 Å². The molecule has 1 N–H and O–H groups in total. The Hall–Kier alpha value is -1.89. The van der Waals surface area contributed by atoms with Gasteiger partial charge >= 0.3 is 0 Å². The first-order valence-electron chi connectivity index (χ1n) is 10.6. The zero-order valence-corrected chi connectivity index (χ0v) is 17.5. The van der Waals surface area contributed by atoms with E-state index in [1.807, 2.05) is 12.1 Å². The van der Waals surface area contributed by atoms with Crippen molar-refractivity contribution >= 4 is 9.84 Å². The predicted molar refractivity (Wildman–Crippen MR) is 113 cm³/mol. The molecule has 0 saturated carbocycles. The molecule has 1 unspecified atom stereocenters. The van der Waals surface area contributed by atoms with E-state index in [1.165, 1.54) is 11.1 Å². The van der Waals surface area contributed by atoms with Gasteiger partial charge in [0.25, 0.3) is 0 Å². The summed E-state index contributed by atoms with van der Waals surface area (Å²) in [5, 5.41) is 2.91. The second-order valence-electron chi connectivity index (χ2n) is 8.38. The zero-order valence-electron chi connectivity index (χ0n) is 16.6. The molecule has 5 rings (SSSR count). The number of hydrogen-bond acceptors (Lipinski definition) is 5. The van der Waals surface area contributed by atoms with Gasteiger partial charge in [-0.2, -0.15) is 0 Å². The molecule has 5 nitrogen and oxygen atoms in total. The van der Waals surface area contributed by atoms with E-state index in [9.17, 15) is 8.42 Å². The van der Waals surface area contributed by atoms with Crippen molar-refractivity contribution in [2.45, 2.75) is 42.5 Å². The van der Waals surface area contributed by atoms with Crippen LogP contribution >= 0.6 is 0 Å². The van der Waals surface area contributed by atoms with Crippen molar-refractivity contribution < 1.29 is 13.2 Å². The Balaban J connectivity index is 1.52. The molecule has 3 aliphatic heterocycles. The maximum Gasteiger partial charge on any atom is 0.194 e. The van der Waals surface area contributed by atoms with E-state index in [1.54, 1.807) is 6.07 Å². The lowest BCUT2D eigenvalue weighted by Gasteiger charge is -2.40. The summed E-state index contributed by atoms with van der Waals surface area (Å²) in [6.45, 7) is 3.91. The summed E-state index contributed by atoms with van der Waals surface area (Å²) < 4.78 is 33.5. The summed E-state index contributed by atoms with van der Waals surface area (Å²) >= 11 is 0. The SMILES string of the molecule is O=S(=O)(c1ccc2c(c1)CCO2)C(C1CCNCC1)N1CCc2ccccc2C1. The number of rotatable bonds is 4.